The van der Waals surface area contributed by atoms with Gasteiger partial charge in [-0.25, -0.2) is 0 Å². The molecule has 0 nitrogen and oxygen atoms in total. The van der Waals surface area contributed by atoms with Crippen LogP contribution in [0.3, 0.4) is 0 Å². The Hall–Kier alpha value is -2.34. The predicted octanol–water partition coefficient (Wildman–Crippen LogP) is 6.21. The number of benzene rings is 3. The van der Waals surface area contributed by atoms with Gasteiger partial charge in [0.2, 0.25) is 0 Å². The van der Waals surface area contributed by atoms with Gasteiger partial charge < -0.3 is 0 Å². The average molecular weight is 300 g/mol. The van der Waals surface area contributed by atoms with Crippen molar-refractivity contribution >= 4 is 0 Å². The molecule has 0 bridgehead atoms. The van der Waals surface area contributed by atoms with Crippen molar-refractivity contribution in [3.05, 3.63) is 108 Å². The first kappa shape index (κ1) is 15.6. The summed E-state index contributed by atoms with van der Waals surface area (Å²) in [6.07, 6.45) is 2.27. The van der Waals surface area contributed by atoms with Crippen LogP contribution in [0.25, 0.3) is 0 Å². The van der Waals surface area contributed by atoms with Crippen molar-refractivity contribution < 1.29 is 0 Å². The lowest BCUT2D eigenvalue weighted by Gasteiger charge is -2.22. The zero-order valence-corrected chi connectivity index (χ0v) is 13.7. The second-order valence-corrected chi connectivity index (χ2v) is 6.34. The van der Waals surface area contributed by atoms with Crippen molar-refractivity contribution in [2.75, 3.05) is 0 Å². The highest BCUT2D eigenvalue weighted by Gasteiger charge is 2.17. The van der Waals surface area contributed by atoms with E-state index in [-0.39, 0.29) is 0 Å². The molecule has 2 unspecified atom stereocenters. The Balaban J connectivity index is 1.81. The number of rotatable bonds is 6. The van der Waals surface area contributed by atoms with Crippen LogP contribution in [0, 0.1) is 0 Å². The van der Waals surface area contributed by atoms with E-state index < -0.39 is 0 Å². The fourth-order valence-electron chi connectivity index (χ4n) is 3.31. The largest absolute Gasteiger partial charge is 0.0622 e. The molecule has 23 heavy (non-hydrogen) atoms. The normalized spacial score (nSPS) is 13.4. The van der Waals surface area contributed by atoms with Crippen molar-refractivity contribution in [3.63, 3.8) is 0 Å². The van der Waals surface area contributed by atoms with E-state index >= 15 is 0 Å². The minimum Gasteiger partial charge on any atom is -0.0622 e. The molecule has 0 aliphatic rings. The van der Waals surface area contributed by atoms with E-state index in [9.17, 15) is 0 Å². The van der Waals surface area contributed by atoms with Crippen LogP contribution in [-0.2, 0) is 6.42 Å². The van der Waals surface area contributed by atoms with Crippen LogP contribution in [0.4, 0.5) is 0 Å². The lowest BCUT2D eigenvalue weighted by molar-refractivity contribution is 0.555. The van der Waals surface area contributed by atoms with Gasteiger partial charge in [0.1, 0.15) is 0 Å². The van der Waals surface area contributed by atoms with Gasteiger partial charge in [-0.3, -0.25) is 0 Å². The summed E-state index contributed by atoms with van der Waals surface area (Å²) in [5.74, 6) is 1.11. The molecule has 0 fully saturated rings. The lowest BCUT2D eigenvalue weighted by Crippen LogP contribution is -2.07. The quantitative estimate of drug-likeness (QED) is 0.508. The summed E-state index contributed by atoms with van der Waals surface area (Å²) in [5.41, 5.74) is 4.29. The third kappa shape index (κ3) is 4.32. The zero-order valence-electron chi connectivity index (χ0n) is 13.7. The van der Waals surface area contributed by atoms with Crippen LogP contribution in [0.2, 0.25) is 0 Å². The van der Waals surface area contributed by atoms with Gasteiger partial charge in [-0.15, -0.1) is 0 Å². The van der Waals surface area contributed by atoms with Crippen LogP contribution < -0.4 is 0 Å². The highest BCUT2D eigenvalue weighted by molar-refractivity contribution is 5.26. The molecule has 2 atom stereocenters. The fourth-order valence-corrected chi connectivity index (χ4v) is 3.31. The van der Waals surface area contributed by atoms with Gasteiger partial charge >= 0.3 is 0 Å². The van der Waals surface area contributed by atoms with Gasteiger partial charge in [0.15, 0.2) is 0 Å². The topological polar surface area (TPSA) is 0 Å². The Kier molecular flexibility index (Phi) is 5.26. The minimum absolute atomic E-state index is 0.550. The van der Waals surface area contributed by atoms with Crippen molar-refractivity contribution in [2.45, 2.75) is 31.6 Å². The first-order valence-corrected chi connectivity index (χ1v) is 8.47. The Bertz CT molecular complexity index is 686. The Morgan fingerprint density at radius 3 is 1.65 bits per heavy atom. The van der Waals surface area contributed by atoms with Gasteiger partial charge in [-0.1, -0.05) is 97.9 Å². The van der Waals surface area contributed by atoms with Crippen molar-refractivity contribution in [2.24, 2.45) is 0 Å². The zero-order chi connectivity index (χ0) is 15.9. The highest BCUT2D eigenvalue weighted by atomic mass is 14.2. The van der Waals surface area contributed by atoms with Gasteiger partial charge in [-0.05, 0) is 41.4 Å². The van der Waals surface area contributed by atoms with E-state index in [2.05, 4.69) is 97.9 Å². The summed E-state index contributed by atoms with van der Waals surface area (Å²) in [5, 5.41) is 0. The Morgan fingerprint density at radius 2 is 1.09 bits per heavy atom. The molecule has 116 valence electrons. The molecule has 0 aromatic heterocycles. The van der Waals surface area contributed by atoms with Crippen LogP contribution in [0.15, 0.2) is 91.0 Å². The molecular formula is C23H24. The SMILES string of the molecule is CC(CC(Cc1ccccc1)c1ccccc1)c1ccccc1. The maximum absolute atomic E-state index is 2.34. The Labute approximate surface area is 139 Å². The second kappa shape index (κ2) is 7.78. The van der Waals surface area contributed by atoms with E-state index in [0.717, 1.165) is 6.42 Å². The van der Waals surface area contributed by atoms with Crippen LogP contribution in [-0.4, -0.2) is 0 Å². The lowest BCUT2D eigenvalue weighted by atomic mass is 9.82. The molecule has 0 spiro atoms. The second-order valence-electron chi connectivity index (χ2n) is 6.34. The molecule has 0 saturated heterocycles. The standard InChI is InChI=1S/C23H24/c1-19(21-13-7-3-8-14-21)17-23(22-15-9-4-10-16-22)18-20-11-5-2-6-12-20/h2-16,19,23H,17-18H2,1H3. The molecule has 0 amide bonds. The third-order valence-corrected chi connectivity index (χ3v) is 4.60. The van der Waals surface area contributed by atoms with E-state index in [4.69, 9.17) is 0 Å². The molecule has 0 heteroatoms. The minimum atomic E-state index is 0.550. The first-order valence-electron chi connectivity index (χ1n) is 8.47. The molecular weight excluding hydrogens is 276 g/mol. The summed E-state index contributed by atoms with van der Waals surface area (Å²) in [7, 11) is 0. The molecule has 3 rings (SSSR count). The van der Waals surface area contributed by atoms with Crippen LogP contribution in [0.1, 0.15) is 41.9 Å². The molecule has 0 heterocycles. The van der Waals surface area contributed by atoms with Crippen molar-refractivity contribution in [1.82, 2.24) is 0 Å². The van der Waals surface area contributed by atoms with Crippen LogP contribution >= 0.6 is 0 Å². The van der Waals surface area contributed by atoms with Gasteiger partial charge in [-0.2, -0.15) is 0 Å². The average Bonchev–Trinajstić information content (AvgIpc) is 2.63. The third-order valence-electron chi connectivity index (χ3n) is 4.60. The summed E-state index contributed by atoms with van der Waals surface area (Å²) >= 11 is 0. The molecule has 0 aliphatic heterocycles. The predicted molar refractivity (Wildman–Crippen MR) is 98.8 cm³/mol. The first-order chi connectivity index (χ1) is 11.3. The van der Waals surface area contributed by atoms with E-state index in [1.54, 1.807) is 0 Å². The van der Waals surface area contributed by atoms with Gasteiger partial charge in [0, 0.05) is 0 Å². The molecule has 3 aromatic rings. The van der Waals surface area contributed by atoms with Crippen molar-refractivity contribution in [1.29, 1.82) is 0 Å². The number of hydrogen-bond donors (Lipinski definition) is 0. The summed E-state index contributed by atoms with van der Waals surface area (Å²) in [6, 6.07) is 32.7. The van der Waals surface area contributed by atoms with Gasteiger partial charge in [0.25, 0.3) is 0 Å². The fraction of sp³-hybridized carbons (Fsp3) is 0.217. The summed E-state index contributed by atoms with van der Waals surface area (Å²) < 4.78 is 0. The van der Waals surface area contributed by atoms with E-state index in [1.807, 2.05) is 0 Å². The summed E-state index contributed by atoms with van der Waals surface area (Å²) in [6.45, 7) is 2.34. The van der Waals surface area contributed by atoms with Crippen molar-refractivity contribution in [3.8, 4) is 0 Å². The van der Waals surface area contributed by atoms with Crippen LogP contribution in [0.5, 0.6) is 0 Å². The molecule has 0 aliphatic carbocycles. The summed E-state index contributed by atoms with van der Waals surface area (Å²) in [4.78, 5) is 0. The Morgan fingerprint density at radius 1 is 0.609 bits per heavy atom. The molecule has 0 radical (unpaired) electrons. The van der Waals surface area contributed by atoms with E-state index in [0.29, 0.717) is 11.8 Å². The molecule has 3 aromatic carbocycles. The monoisotopic (exact) mass is 300 g/mol. The van der Waals surface area contributed by atoms with E-state index in [1.165, 1.54) is 23.1 Å². The molecule has 0 saturated carbocycles. The smallest absolute Gasteiger partial charge is 0.0116 e. The maximum Gasteiger partial charge on any atom is -0.0116 e. The number of hydrogen-bond acceptors (Lipinski definition) is 0. The van der Waals surface area contributed by atoms with Gasteiger partial charge in [0.05, 0.1) is 0 Å². The highest BCUT2D eigenvalue weighted by Crippen LogP contribution is 2.32. The maximum atomic E-state index is 2.34. The molecule has 0 N–H and O–H groups in total.